The van der Waals surface area contributed by atoms with Crippen LogP contribution < -0.4 is 14.4 Å². The number of piperazine rings is 1. The van der Waals surface area contributed by atoms with Gasteiger partial charge in [0.05, 0.1) is 25.5 Å². The van der Waals surface area contributed by atoms with E-state index in [1.54, 1.807) is 25.2 Å². The lowest BCUT2D eigenvalue weighted by atomic mass is 10.1. The molecule has 34 heavy (non-hydrogen) atoms. The predicted molar refractivity (Wildman–Crippen MR) is 120 cm³/mol. The Bertz CT molecular complexity index is 1160. The third-order valence-corrected chi connectivity index (χ3v) is 5.66. The molecule has 0 radical (unpaired) electrons. The Hall–Kier alpha value is -3.82. The highest BCUT2D eigenvalue weighted by molar-refractivity contribution is 5.94. The van der Waals surface area contributed by atoms with Crippen LogP contribution in [0.1, 0.15) is 15.9 Å². The van der Waals surface area contributed by atoms with Crippen molar-refractivity contribution in [2.45, 2.75) is 6.18 Å². The molecule has 7 nitrogen and oxygen atoms in total. The van der Waals surface area contributed by atoms with Crippen molar-refractivity contribution in [2.75, 3.05) is 45.3 Å². The first-order valence-electron chi connectivity index (χ1n) is 10.6. The number of carbonyl (C=O) groups excluding carboxylic acids is 1. The number of hydrogen-bond acceptors (Lipinski definition) is 6. The summed E-state index contributed by atoms with van der Waals surface area (Å²) in [5.74, 6) is 1.46. The SMILES string of the molecule is COc1ccc(-c2ccc(N3CCN(C(=O)c4cccc(C(F)(F)F)c4)CC3)nn2)cc1OC. The van der Waals surface area contributed by atoms with Gasteiger partial charge in [-0.1, -0.05) is 6.07 Å². The Balaban J connectivity index is 1.40. The number of benzene rings is 2. The molecule has 1 saturated heterocycles. The zero-order valence-electron chi connectivity index (χ0n) is 18.7. The maximum atomic E-state index is 13.0. The quantitative estimate of drug-likeness (QED) is 0.556. The summed E-state index contributed by atoms with van der Waals surface area (Å²) < 4.78 is 49.5. The summed E-state index contributed by atoms with van der Waals surface area (Å²) in [5, 5.41) is 8.63. The zero-order chi connectivity index (χ0) is 24.3. The summed E-state index contributed by atoms with van der Waals surface area (Å²) in [6, 6.07) is 13.7. The summed E-state index contributed by atoms with van der Waals surface area (Å²) in [6.07, 6.45) is -4.49. The third-order valence-electron chi connectivity index (χ3n) is 5.66. The van der Waals surface area contributed by atoms with Crippen molar-refractivity contribution < 1.29 is 27.4 Å². The van der Waals surface area contributed by atoms with Crippen LogP contribution in [0.5, 0.6) is 11.5 Å². The van der Waals surface area contributed by atoms with Crippen LogP contribution in [0, 0.1) is 0 Å². The van der Waals surface area contributed by atoms with Crippen LogP contribution in [-0.2, 0) is 6.18 Å². The number of ether oxygens (including phenoxy) is 2. The Morgan fingerprint density at radius 3 is 2.24 bits per heavy atom. The van der Waals surface area contributed by atoms with Crippen LogP contribution in [0.15, 0.2) is 54.6 Å². The van der Waals surface area contributed by atoms with E-state index in [0.29, 0.717) is 49.2 Å². The van der Waals surface area contributed by atoms with E-state index in [1.165, 1.54) is 12.1 Å². The zero-order valence-corrected chi connectivity index (χ0v) is 18.7. The average molecular weight is 472 g/mol. The van der Waals surface area contributed by atoms with Gasteiger partial charge >= 0.3 is 6.18 Å². The van der Waals surface area contributed by atoms with Crippen LogP contribution >= 0.6 is 0 Å². The normalized spacial score (nSPS) is 14.1. The van der Waals surface area contributed by atoms with E-state index < -0.39 is 17.6 Å². The number of anilines is 1. The minimum absolute atomic E-state index is 0.0299. The van der Waals surface area contributed by atoms with Gasteiger partial charge in [-0.2, -0.15) is 13.2 Å². The fraction of sp³-hybridized carbons (Fsp3) is 0.292. The van der Waals surface area contributed by atoms with Gasteiger partial charge in [0.15, 0.2) is 17.3 Å². The molecule has 1 aromatic heterocycles. The third kappa shape index (κ3) is 4.90. The van der Waals surface area contributed by atoms with Gasteiger partial charge in [0.25, 0.3) is 5.91 Å². The molecule has 1 aliphatic rings. The number of rotatable bonds is 5. The number of halogens is 3. The van der Waals surface area contributed by atoms with Crippen molar-refractivity contribution in [3.8, 4) is 22.8 Å². The summed E-state index contributed by atoms with van der Waals surface area (Å²) in [4.78, 5) is 16.3. The van der Waals surface area contributed by atoms with Crippen molar-refractivity contribution in [1.82, 2.24) is 15.1 Å². The number of nitrogens with zero attached hydrogens (tertiary/aromatic N) is 4. The molecule has 1 amide bonds. The second kappa shape index (κ2) is 9.58. The minimum Gasteiger partial charge on any atom is -0.493 e. The van der Waals surface area contributed by atoms with E-state index in [2.05, 4.69) is 10.2 Å². The van der Waals surface area contributed by atoms with E-state index in [1.807, 2.05) is 29.2 Å². The lowest BCUT2D eigenvalue weighted by Crippen LogP contribution is -2.49. The molecule has 0 bridgehead atoms. The summed E-state index contributed by atoms with van der Waals surface area (Å²) in [7, 11) is 3.13. The van der Waals surface area contributed by atoms with Gasteiger partial charge in [-0.3, -0.25) is 4.79 Å². The molecule has 0 N–H and O–H groups in total. The van der Waals surface area contributed by atoms with Crippen molar-refractivity contribution in [1.29, 1.82) is 0 Å². The number of amides is 1. The Labute approximate surface area is 194 Å². The van der Waals surface area contributed by atoms with Gasteiger partial charge < -0.3 is 19.3 Å². The molecule has 3 aromatic rings. The van der Waals surface area contributed by atoms with Gasteiger partial charge in [-0.05, 0) is 48.5 Å². The standard InChI is InChI=1S/C24H23F3N4O3/c1-33-20-8-6-16(15-21(20)34-2)19-7-9-22(29-28-19)30-10-12-31(13-11-30)23(32)17-4-3-5-18(14-17)24(25,26)27/h3-9,14-15H,10-13H2,1-2H3. The number of carbonyl (C=O) groups is 1. The second-order valence-electron chi connectivity index (χ2n) is 7.70. The highest BCUT2D eigenvalue weighted by atomic mass is 19.4. The average Bonchev–Trinajstić information content (AvgIpc) is 2.87. The lowest BCUT2D eigenvalue weighted by Gasteiger charge is -2.35. The number of alkyl halides is 3. The molecule has 2 aromatic carbocycles. The van der Waals surface area contributed by atoms with E-state index in [0.717, 1.165) is 17.7 Å². The van der Waals surface area contributed by atoms with E-state index in [9.17, 15) is 18.0 Å². The van der Waals surface area contributed by atoms with Crippen LogP contribution in [0.2, 0.25) is 0 Å². The van der Waals surface area contributed by atoms with Gasteiger partial charge in [0, 0.05) is 37.3 Å². The Morgan fingerprint density at radius 2 is 1.62 bits per heavy atom. The number of aromatic nitrogens is 2. The molecular weight excluding hydrogens is 449 g/mol. The maximum absolute atomic E-state index is 13.0. The molecule has 4 rings (SSSR count). The second-order valence-corrected chi connectivity index (χ2v) is 7.70. The molecule has 0 spiro atoms. The number of methoxy groups -OCH3 is 2. The summed E-state index contributed by atoms with van der Waals surface area (Å²) in [5.41, 5.74) is 0.695. The first-order valence-corrected chi connectivity index (χ1v) is 10.6. The molecule has 10 heteroatoms. The summed E-state index contributed by atoms with van der Waals surface area (Å²) >= 11 is 0. The molecule has 1 fully saturated rings. The number of hydrogen-bond donors (Lipinski definition) is 0. The highest BCUT2D eigenvalue weighted by Gasteiger charge is 2.31. The maximum Gasteiger partial charge on any atom is 0.416 e. The van der Waals surface area contributed by atoms with Gasteiger partial charge in [-0.25, -0.2) is 0 Å². The summed E-state index contributed by atoms with van der Waals surface area (Å²) in [6.45, 7) is 1.73. The van der Waals surface area contributed by atoms with Gasteiger partial charge in [-0.15, -0.1) is 10.2 Å². The topological polar surface area (TPSA) is 67.8 Å². The fourth-order valence-corrected chi connectivity index (χ4v) is 3.79. The van der Waals surface area contributed by atoms with Gasteiger partial charge in [0.1, 0.15) is 0 Å². The molecule has 178 valence electrons. The Morgan fingerprint density at radius 1 is 0.882 bits per heavy atom. The van der Waals surface area contributed by atoms with Crippen LogP contribution in [0.25, 0.3) is 11.3 Å². The predicted octanol–water partition coefficient (Wildman–Crippen LogP) is 4.14. The van der Waals surface area contributed by atoms with Crippen molar-refractivity contribution in [2.24, 2.45) is 0 Å². The smallest absolute Gasteiger partial charge is 0.416 e. The largest absolute Gasteiger partial charge is 0.493 e. The first-order chi connectivity index (χ1) is 16.3. The molecule has 0 unspecified atom stereocenters. The van der Waals surface area contributed by atoms with Gasteiger partial charge in [0.2, 0.25) is 0 Å². The van der Waals surface area contributed by atoms with Crippen molar-refractivity contribution >= 4 is 11.7 Å². The fourth-order valence-electron chi connectivity index (χ4n) is 3.79. The molecular formula is C24H23F3N4O3. The first kappa shape index (κ1) is 23.3. The van der Waals surface area contributed by atoms with E-state index in [-0.39, 0.29) is 5.56 Å². The van der Waals surface area contributed by atoms with Crippen molar-refractivity contribution in [3.63, 3.8) is 0 Å². The van der Waals surface area contributed by atoms with E-state index in [4.69, 9.17) is 9.47 Å². The van der Waals surface area contributed by atoms with Crippen LogP contribution in [0.4, 0.5) is 19.0 Å². The molecule has 1 aliphatic heterocycles. The highest BCUT2D eigenvalue weighted by Crippen LogP contribution is 2.32. The van der Waals surface area contributed by atoms with E-state index >= 15 is 0 Å². The molecule has 0 atom stereocenters. The van der Waals surface area contributed by atoms with Crippen molar-refractivity contribution in [3.05, 3.63) is 65.7 Å². The van der Waals surface area contributed by atoms with Crippen LogP contribution in [0.3, 0.4) is 0 Å². The van der Waals surface area contributed by atoms with Crippen LogP contribution in [-0.4, -0.2) is 61.4 Å². The molecule has 2 heterocycles. The monoisotopic (exact) mass is 472 g/mol. The Kier molecular flexibility index (Phi) is 6.58. The minimum atomic E-state index is -4.49. The lowest BCUT2D eigenvalue weighted by molar-refractivity contribution is -0.137. The molecule has 0 aliphatic carbocycles. The molecule has 0 saturated carbocycles.